The molecule has 0 atom stereocenters. The Labute approximate surface area is 66.8 Å². The molecule has 0 aliphatic rings. The molecular weight excluding hydrogens is 224 g/mol. The second-order valence-electron chi connectivity index (χ2n) is 1.33. The fourth-order valence-corrected chi connectivity index (χ4v) is 4.23. The van der Waals surface area contributed by atoms with Gasteiger partial charge in [0.1, 0.15) is 0 Å². The molecule has 0 heterocycles. The van der Waals surface area contributed by atoms with Gasteiger partial charge in [0, 0.05) is 0 Å². The summed E-state index contributed by atoms with van der Waals surface area (Å²) in [5, 5.41) is 0. The Balaban J connectivity index is 3.43. The second kappa shape index (κ2) is 4.80. The Morgan fingerprint density at radius 1 is 1.11 bits per heavy atom. The minimum atomic E-state index is -3.22. The van der Waals surface area contributed by atoms with E-state index in [1.165, 1.54) is 0 Å². The Kier molecular flexibility index (Phi) is 5.35. The van der Waals surface area contributed by atoms with Crippen LogP contribution < -0.4 is 0 Å². The van der Waals surface area contributed by atoms with E-state index in [9.17, 15) is 0 Å². The first-order valence-corrected chi connectivity index (χ1v) is 10.0. The van der Waals surface area contributed by atoms with Gasteiger partial charge < -0.3 is 0 Å². The molecule has 0 aliphatic heterocycles. The molecule has 0 saturated heterocycles. The van der Waals surface area contributed by atoms with Crippen molar-refractivity contribution in [1.29, 1.82) is 0 Å². The number of rotatable bonds is 4. The van der Waals surface area contributed by atoms with Crippen LogP contribution in [0.1, 0.15) is 13.8 Å². The summed E-state index contributed by atoms with van der Waals surface area (Å²) >= 11 is -3.22. The van der Waals surface area contributed by atoms with Crippen LogP contribution in [0, 0.1) is 0 Å². The van der Waals surface area contributed by atoms with Crippen molar-refractivity contribution >= 4 is 32.1 Å². The van der Waals surface area contributed by atoms with Crippen LogP contribution in [0.5, 0.6) is 0 Å². The average Bonchev–Trinajstić information content (AvgIpc) is 1.64. The van der Waals surface area contributed by atoms with Gasteiger partial charge >= 0.3 is 66.7 Å². The van der Waals surface area contributed by atoms with Crippen molar-refractivity contribution in [1.82, 2.24) is 0 Å². The molecule has 0 spiro atoms. The Morgan fingerprint density at radius 2 is 1.44 bits per heavy atom. The molecule has 56 valence electrons. The zero-order valence-electron chi connectivity index (χ0n) is 5.49. The van der Waals surface area contributed by atoms with Crippen molar-refractivity contribution in [2.24, 2.45) is 0 Å². The molecular formula is C4H10Cl2GeO2. The van der Waals surface area contributed by atoms with Gasteiger partial charge in [-0.15, -0.1) is 0 Å². The molecule has 0 unspecified atom stereocenters. The fraction of sp³-hybridized carbons (Fsp3) is 1.00. The van der Waals surface area contributed by atoms with Gasteiger partial charge in [0.15, 0.2) is 0 Å². The third-order valence-corrected chi connectivity index (χ3v) is 5.51. The molecule has 0 amide bonds. The van der Waals surface area contributed by atoms with Crippen molar-refractivity contribution in [3.8, 4) is 0 Å². The molecule has 0 fully saturated rings. The van der Waals surface area contributed by atoms with Crippen molar-refractivity contribution in [3.05, 3.63) is 0 Å². The van der Waals surface area contributed by atoms with E-state index in [2.05, 4.69) is 0 Å². The molecule has 0 aliphatic carbocycles. The third-order valence-electron chi connectivity index (χ3n) is 0.625. The first-order chi connectivity index (χ1) is 4.12. The molecule has 5 heteroatoms. The van der Waals surface area contributed by atoms with Crippen LogP contribution in [0.4, 0.5) is 0 Å². The van der Waals surface area contributed by atoms with Gasteiger partial charge in [-0.1, -0.05) is 0 Å². The van der Waals surface area contributed by atoms with Crippen LogP contribution in [-0.2, 0) is 7.53 Å². The molecule has 0 aromatic carbocycles. The molecule has 9 heavy (non-hydrogen) atoms. The molecule has 2 nitrogen and oxygen atoms in total. The monoisotopic (exact) mass is 234 g/mol. The van der Waals surface area contributed by atoms with Crippen LogP contribution in [0.3, 0.4) is 0 Å². The van der Waals surface area contributed by atoms with E-state index >= 15 is 0 Å². The van der Waals surface area contributed by atoms with E-state index in [1.54, 1.807) is 0 Å². The Morgan fingerprint density at radius 3 is 1.67 bits per heavy atom. The van der Waals surface area contributed by atoms with Gasteiger partial charge in [-0.3, -0.25) is 0 Å². The summed E-state index contributed by atoms with van der Waals surface area (Å²) in [6, 6.07) is 0. The van der Waals surface area contributed by atoms with E-state index in [0.29, 0.717) is 13.2 Å². The fourth-order valence-electron chi connectivity index (χ4n) is 0.378. The predicted octanol–water partition coefficient (Wildman–Crippen LogP) is 1.97. The van der Waals surface area contributed by atoms with Gasteiger partial charge in [0.2, 0.25) is 0 Å². The Bertz CT molecular complexity index is 71.0. The first kappa shape index (κ1) is 10.0. The van der Waals surface area contributed by atoms with E-state index in [0.717, 1.165) is 0 Å². The molecule has 0 N–H and O–H groups in total. The predicted molar refractivity (Wildman–Crippen MR) is 40.7 cm³/mol. The summed E-state index contributed by atoms with van der Waals surface area (Å²) in [7, 11) is 11.3. The molecule has 0 radical (unpaired) electrons. The third kappa shape index (κ3) is 5.49. The van der Waals surface area contributed by atoms with E-state index in [1.807, 2.05) is 13.8 Å². The molecule has 0 saturated carbocycles. The normalized spacial score (nSPS) is 12.0. The van der Waals surface area contributed by atoms with Gasteiger partial charge in [-0.2, -0.15) is 0 Å². The van der Waals surface area contributed by atoms with Gasteiger partial charge in [-0.25, -0.2) is 0 Å². The van der Waals surface area contributed by atoms with Crippen LogP contribution >= 0.6 is 20.0 Å². The molecule has 0 aromatic heterocycles. The molecule has 0 bridgehead atoms. The van der Waals surface area contributed by atoms with Gasteiger partial charge in [0.25, 0.3) is 0 Å². The van der Waals surface area contributed by atoms with Crippen molar-refractivity contribution in [2.75, 3.05) is 13.2 Å². The van der Waals surface area contributed by atoms with Crippen LogP contribution in [0.2, 0.25) is 0 Å². The zero-order valence-corrected chi connectivity index (χ0v) is 9.10. The summed E-state index contributed by atoms with van der Waals surface area (Å²) in [5.41, 5.74) is 0. The van der Waals surface area contributed by atoms with E-state index < -0.39 is 12.1 Å². The molecule has 0 rings (SSSR count). The SMILES string of the molecule is CC[O][Ge]([Cl])([Cl])[O]CC. The second-order valence-corrected chi connectivity index (χ2v) is 10.7. The standard InChI is InChI=1S/C4H10Cl2GeO2/c1-3-8-7(5,6)9-4-2/h3-4H2,1-2H3. The zero-order chi connectivity index (χ0) is 7.33. The van der Waals surface area contributed by atoms with E-state index in [4.69, 9.17) is 27.5 Å². The average molecular weight is 234 g/mol. The molecule has 0 aromatic rings. The van der Waals surface area contributed by atoms with E-state index in [-0.39, 0.29) is 0 Å². The number of halogens is 2. The summed E-state index contributed by atoms with van der Waals surface area (Å²) in [5.74, 6) is 0. The van der Waals surface area contributed by atoms with Crippen molar-refractivity contribution < 1.29 is 7.53 Å². The summed E-state index contributed by atoms with van der Waals surface area (Å²) in [4.78, 5) is 0. The maximum atomic E-state index is 5.64. The number of hydrogen-bond acceptors (Lipinski definition) is 2. The van der Waals surface area contributed by atoms with Crippen LogP contribution in [0.25, 0.3) is 0 Å². The van der Waals surface area contributed by atoms with Gasteiger partial charge in [-0.05, 0) is 0 Å². The number of hydrogen-bond donors (Lipinski definition) is 0. The first-order valence-electron chi connectivity index (χ1n) is 2.78. The minimum absolute atomic E-state index is 0.521. The maximum absolute atomic E-state index is 5.64. The quantitative estimate of drug-likeness (QED) is 0.692. The van der Waals surface area contributed by atoms with Crippen LogP contribution in [0.15, 0.2) is 0 Å². The topological polar surface area (TPSA) is 18.5 Å². The van der Waals surface area contributed by atoms with Crippen molar-refractivity contribution in [3.63, 3.8) is 0 Å². The van der Waals surface area contributed by atoms with Crippen LogP contribution in [-0.4, -0.2) is 25.3 Å². The van der Waals surface area contributed by atoms with Crippen molar-refractivity contribution in [2.45, 2.75) is 13.8 Å². The van der Waals surface area contributed by atoms with Gasteiger partial charge in [0.05, 0.1) is 0 Å². The summed E-state index contributed by atoms with van der Waals surface area (Å²) in [6.07, 6.45) is 0. The Hall–Kier alpha value is 1.04. The summed E-state index contributed by atoms with van der Waals surface area (Å²) in [6.45, 7) is 4.72. The summed E-state index contributed by atoms with van der Waals surface area (Å²) < 4.78 is 9.93.